The second-order valence-corrected chi connectivity index (χ2v) is 4.49. The molecular weight excluding hydrogens is 285 g/mol. The molecule has 0 saturated heterocycles. The summed E-state index contributed by atoms with van der Waals surface area (Å²) in [6.45, 7) is 0.246. The fourth-order valence-electron chi connectivity index (χ4n) is 1.66. The van der Waals surface area contributed by atoms with Gasteiger partial charge in [-0.2, -0.15) is 5.10 Å². The second-order valence-electron chi connectivity index (χ2n) is 3.83. The molecule has 0 aromatic carbocycles. The molecule has 6 heteroatoms. The van der Waals surface area contributed by atoms with Gasteiger partial charge in [0.1, 0.15) is 11.7 Å². The molecule has 98 valence electrons. The maximum absolute atomic E-state index is 11.7. The molecule has 1 aromatic rings. The molecule has 0 unspecified atom stereocenters. The molecule has 0 atom stereocenters. The molecule has 0 saturated carbocycles. The standard InChI is InChI=1S/C13H11Cl2N3O/c14-8-1-2-9-18-13(19)7-6-11(17-18)10-4-3-5-12(15)16-10/h3-5H,6-9H2. The Morgan fingerprint density at radius 1 is 1.32 bits per heavy atom. The van der Waals surface area contributed by atoms with Gasteiger partial charge in [-0.25, -0.2) is 9.99 Å². The van der Waals surface area contributed by atoms with Crippen molar-refractivity contribution < 1.29 is 4.79 Å². The molecule has 1 aromatic heterocycles. The highest BCUT2D eigenvalue weighted by molar-refractivity contribution is 6.29. The third-order valence-corrected chi connectivity index (χ3v) is 2.88. The molecule has 0 spiro atoms. The van der Waals surface area contributed by atoms with Gasteiger partial charge >= 0.3 is 0 Å². The molecule has 0 bridgehead atoms. The first-order valence-electron chi connectivity index (χ1n) is 5.73. The quantitative estimate of drug-likeness (QED) is 0.477. The van der Waals surface area contributed by atoms with Gasteiger partial charge in [-0.3, -0.25) is 4.79 Å². The topological polar surface area (TPSA) is 45.6 Å². The van der Waals surface area contributed by atoms with Crippen LogP contribution in [0.25, 0.3) is 0 Å². The summed E-state index contributed by atoms with van der Waals surface area (Å²) in [5, 5.41) is 6.04. The number of carbonyl (C=O) groups is 1. The predicted octanol–water partition coefficient (Wildman–Crippen LogP) is 2.30. The van der Waals surface area contributed by atoms with Gasteiger partial charge in [0, 0.05) is 12.8 Å². The molecule has 1 aliphatic rings. The number of alkyl halides is 1. The second kappa shape index (κ2) is 6.55. The maximum atomic E-state index is 11.7. The third-order valence-electron chi connectivity index (χ3n) is 2.54. The normalized spacial score (nSPS) is 14.7. The summed E-state index contributed by atoms with van der Waals surface area (Å²) >= 11 is 11.3. The van der Waals surface area contributed by atoms with Gasteiger partial charge in [-0.15, -0.1) is 11.6 Å². The van der Waals surface area contributed by atoms with Crippen molar-refractivity contribution >= 4 is 34.8 Å². The van der Waals surface area contributed by atoms with E-state index in [4.69, 9.17) is 23.2 Å². The van der Waals surface area contributed by atoms with Crippen molar-refractivity contribution in [3.05, 3.63) is 29.0 Å². The predicted molar refractivity (Wildman–Crippen MR) is 75.2 cm³/mol. The minimum Gasteiger partial charge on any atom is -0.273 e. The highest BCUT2D eigenvalue weighted by Crippen LogP contribution is 2.15. The van der Waals surface area contributed by atoms with Crippen LogP contribution in [0.1, 0.15) is 18.5 Å². The lowest BCUT2D eigenvalue weighted by atomic mass is 10.1. The highest BCUT2D eigenvalue weighted by Gasteiger charge is 2.21. The van der Waals surface area contributed by atoms with Gasteiger partial charge in [-0.1, -0.05) is 29.5 Å². The van der Waals surface area contributed by atoms with Crippen molar-refractivity contribution in [1.29, 1.82) is 0 Å². The number of carbonyl (C=O) groups excluding carboxylic acids is 1. The maximum Gasteiger partial charge on any atom is 0.243 e. The Hall–Kier alpha value is -1.57. The van der Waals surface area contributed by atoms with Gasteiger partial charge in [0.25, 0.3) is 0 Å². The van der Waals surface area contributed by atoms with Crippen LogP contribution >= 0.6 is 23.2 Å². The number of aromatic nitrogens is 1. The van der Waals surface area contributed by atoms with Crippen LogP contribution in [0.3, 0.4) is 0 Å². The van der Waals surface area contributed by atoms with Crippen LogP contribution in [0.15, 0.2) is 23.3 Å². The van der Waals surface area contributed by atoms with Crippen molar-refractivity contribution in [2.75, 3.05) is 12.4 Å². The Morgan fingerprint density at radius 3 is 2.89 bits per heavy atom. The summed E-state index contributed by atoms with van der Waals surface area (Å²) in [6.07, 6.45) is 0.960. The lowest BCUT2D eigenvalue weighted by Gasteiger charge is -2.21. The number of pyridine rings is 1. The van der Waals surface area contributed by atoms with Crippen molar-refractivity contribution in [3.63, 3.8) is 0 Å². The number of hydrogen-bond donors (Lipinski definition) is 0. The zero-order valence-corrected chi connectivity index (χ0v) is 11.6. The van der Waals surface area contributed by atoms with Crippen LogP contribution in [0.4, 0.5) is 0 Å². The van der Waals surface area contributed by atoms with E-state index in [1.165, 1.54) is 5.01 Å². The van der Waals surface area contributed by atoms with E-state index in [1.807, 2.05) is 6.07 Å². The fourth-order valence-corrected chi connectivity index (χ4v) is 1.91. The Labute approximate surface area is 121 Å². The third kappa shape index (κ3) is 3.69. The first-order chi connectivity index (χ1) is 9.20. The monoisotopic (exact) mass is 295 g/mol. The highest BCUT2D eigenvalue weighted by atomic mass is 35.5. The van der Waals surface area contributed by atoms with E-state index in [0.29, 0.717) is 23.7 Å². The Bertz CT molecular complexity index is 575. The summed E-state index contributed by atoms with van der Waals surface area (Å²) in [5.74, 6) is 5.68. The first-order valence-corrected chi connectivity index (χ1v) is 6.64. The van der Waals surface area contributed by atoms with Crippen LogP contribution < -0.4 is 0 Å². The van der Waals surface area contributed by atoms with E-state index in [1.54, 1.807) is 12.1 Å². The van der Waals surface area contributed by atoms with Gasteiger partial charge in [0.15, 0.2) is 0 Å². The van der Waals surface area contributed by atoms with Crippen molar-refractivity contribution in [3.8, 4) is 11.8 Å². The van der Waals surface area contributed by atoms with Gasteiger partial charge < -0.3 is 0 Å². The Morgan fingerprint density at radius 2 is 2.16 bits per heavy atom. The zero-order chi connectivity index (χ0) is 13.7. The molecule has 2 heterocycles. The van der Waals surface area contributed by atoms with Crippen molar-refractivity contribution in [2.45, 2.75) is 12.8 Å². The lowest BCUT2D eigenvalue weighted by molar-refractivity contribution is -0.131. The van der Waals surface area contributed by atoms with Crippen molar-refractivity contribution in [2.24, 2.45) is 5.10 Å². The van der Waals surface area contributed by atoms with E-state index in [9.17, 15) is 4.79 Å². The molecule has 0 N–H and O–H groups in total. The SMILES string of the molecule is O=C1CCC(c2cccc(Cl)n2)=NN1CC#CCCl. The van der Waals surface area contributed by atoms with Crippen molar-refractivity contribution in [1.82, 2.24) is 9.99 Å². The molecule has 19 heavy (non-hydrogen) atoms. The molecular formula is C13H11Cl2N3O. The fraction of sp³-hybridized carbons (Fsp3) is 0.308. The molecule has 1 aliphatic heterocycles. The zero-order valence-electron chi connectivity index (χ0n) is 10.1. The van der Waals surface area contributed by atoms with Crippen LogP contribution in [-0.2, 0) is 4.79 Å². The summed E-state index contributed by atoms with van der Waals surface area (Å²) < 4.78 is 0. The van der Waals surface area contributed by atoms with Crippen LogP contribution in [0, 0.1) is 11.8 Å². The smallest absolute Gasteiger partial charge is 0.243 e. The number of rotatable bonds is 2. The van der Waals surface area contributed by atoms with E-state index in [2.05, 4.69) is 21.9 Å². The van der Waals surface area contributed by atoms with E-state index < -0.39 is 0 Å². The minimum atomic E-state index is -0.0466. The average molecular weight is 296 g/mol. The Kier molecular flexibility index (Phi) is 4.78. The number of hydrogen-bond acceptors (Lipinski definition) is 3. The number of halogens is 2. The largest absolute Gasteiger partial charge is 0.273 e. The minimum absolute atomic E-state index is 0.0466. The van der Waals surface area contributed by atoms with Crippen LogP contribution in [0.5, 0.6) is 0 Å². The number of nitrogens with zero attached hydrogens (tertiary/aromatic N) is 3. The molecule has 0 radical (unpaired) electrons. The van der Waals surface area contributed by atoms with E-state index >= 15 is 0 Å². The summed E-state index contributed by atoms with van der Waals surface area (Å²) in [6, 6.07) is 5.33. The van der Waals surface area contributed by atoms with Gasteiger partial charge in [0.05, 0.1) is 17.3 Å². The first kappa shape index (κ1) is 13.9. The number of amides is 1. The van der Waals surface area contributed by atoms with Crippen LogP contribution in [-0.4, -0.2) is 34.0 Å². The van der Waals surface area contributed by atoms with Crippen LogP contribution in [0.2, 0.25) is 5.15 Å². The molecule has 0 aliphatic carbocycles. The van der Waals surface area contributed by atoms with Gasteiger partial charge in [0.2, 0.25) is 5.91 Å². The lowest BCUT2D eigenvalue weighted by Crippen LogP contribution is -2.32. The average Bonchev–Trinajstić information content (AvgIpc) is 2.41. The molecule has 2 rings (SSSR count). The summed E-state index contributed by atoms with van der Waals surface area (Å²) in [4.78, 5) is 15.9. The van der Waals surface area contributed by atoms with Gasteiger partial charge in [-0.05, 0) is 12.1 Å². The van der Waals surface area contributed by atoms with E-state index in [-0.39, 0.29) is 18.3 Å². The number of hydrazone groups is 1. The Balaban J connectivity index is 2.21. The molecule has 0 fully saturated rings. The summed E-state index contributed by atoms with van der Waals surface area (Å²) in [5.41, 5.74) is 1.44. The molecule has 4 nitrogen and oxygen atoms in total. The van der Waals surface area contributed by atoms with E-state index in [0.717, 1.165) is 5.71 Å². The summed E-state index contributed by atoms with van der Waals surface area (Å²) in [7, 11) is 0. The molecule has 1 amide bonds.